The van der Waals surface area contributed by atoms with Gasteiger partial charge in [0.15, 0.2) is 0 Å². The van der Waals surface area contributed by atoms with Crippen molar-refractivity contribution in [2.75, 3.05) is 31.1 Å². The molecule has 0 aromatic carbocycles. The van der Waals surface area contributed by atoms with Crippen molar-refractivity contribution in [2.24, 2.45) is 0 Å². The van der Waals surface area contributed by atoms with Crippen molar-refractivity contribution >= 4 is 30.8 Å². The molecule has 4 nitrogen and oxygen atoms in total. The summed E-state index contributed by atoms with van der Waals surface area (Å²) in [4.78, 5) is 11.3. The molecule has 2 heterocycles. The molecule has 0 saturated carbocycles. The van der Waals surface area contributed by atoms with Crippen LogP contribution in [0.25, 0.3) is 0 Å². The fourth-order valence-corrected chi connectivity index (χ4v) is 1.76. The van der Waals surface area contributed by atoms with Gasteiger partial charge in [-0.3, -0.25) is 0 Å². The maximum absolute atomic E-state index is 4.54. The van der Waals surface area contributed by atoms with Gasteiger partial charge in [-0.15, -0.1) is 24.8 Å². The maximum Gasteiger partial charge on any atom is 0.225 e. The molecule has 1 aromatic heterocycles. The van der Waals surface area contributed by atoms with E-state index in [2.05, 4.69) is 41.0 Å². The molecule has 6 heteroatoms. The molecule has 1 fully saturated rings. The van der Waals surface area contributed by atoms with Crippen molar-refractivity contribution in [1.82, 2.24) is 15.3 Å². The maximum atomic E-state index is 4.54. The van der Waals surface area contributed by atoms with E-state index in [1.165, 1.54) is 5.56 Å². The molecule has 2 rings (SSSR count). The Morgan fingerprint density at radius 1 is 0.941 bits per heavy atom. The zero-order valence-electron chi connectivity index (χ0n) is 10.5. The van der Waals surface area contributed by atoms with Crippen LogP contribution >= 0.6 is 24.8 Å². The van der Waals surface area contributed by atoms with E-state index in [1.807, 2.05) is 0 Å². The fraction of sp³-hybridized carbons (Fsp3) is 0.636. The highest BCUT2D eigenvalue weighted by Gasteiger charge is 2.14. The number of piperazine rings is 1. The minimum atomic E-state index is 0. The quantitative estimate of drug-likeness (QED) is 0.848. The lowest BCUT2D eigenvalue weighted by Crippen LogP contribution is -2.44. The van der Waals surface area contributed by atoms with Gasteiger partial charge in [-0.1, -0.05) is 0 Å². The first-order valence-corrected chi connectivity index (χ1v) is 5.46. The van der Waals surface area contributed by atoms with Crippen LogP contribution in [0.5, 0.6) is 0 Å². The van der Waals surface area contributed by atoms with Gasteiger partial charge in [0.25, 0.3) is 0 Å². The third-order valence-electron chi connectivity index (χ3n) is 3.02. The number of halogens is 2. The highest BCUT2D eigenvalue weighted by atomic mass is 35.5. The lowest BCUT2D eigenvalue weighted by atomic mass is 10.2. The highest BCUT2D eigenvalue weighted by Crippen LogP contribution is 2.14. The van der Waals surface area contributed by atoms with E-state index in [-0.39, 0.29) is 24.8 Å². The average molecular weight is 279 g/mol. The third kappa shape index (κ3) is 3.69. The predicted octanol–water partition coefficient (Wildman–Crippen LogP) is 1.66. The van der Waals surface area contributed by atoms with E-state index < -0.39 is 0 Å². The number of hydrogen-bond acceptors (Lipinski definition) is 4. The Morgan fingerprint density at radius 3 is 1.88 bits per heavy atom. The van der Waals surface area contributed by atoms with Gasteiger partial charge in [0.05, 0.1) is 0 Å². The predicted molar refractivity (Wildman–Crippen MR) is 75.8 cm³/mol. The number of aromatic nitrogens is 2. The first kappa shape index (κ1) is 16.4. The minimum absolute atomic E-state index is 0. The molecule has 1 aliphatic heterocycles. The number of nitrogens with one attached hydrogen (secondary N) is 1. The van der Waals surface area contributed by atoms with Crippen molar-refractivity contribution in [3.63, 3.8) is 0 Å². The summed E-state index contributed by atoms with van der Waals surface area (Å²) in [6, 6.07) is 0. The standard InChI is InChI=1S/C11H18N4.2ClH/c1-8-9(2)13-11(14-10(8)3)15-6-4-12-5-7-15;;/h12H,4-7H2,1-3H3;2*1H. The monoisotopic (exact) mass is 278 g/mol. The van der Waals surface area contributed by atoms with Gasteiger partial charge in [0.1, 0.15) is 0 Å². The Kier molecular flexibility index (Phi) is 6.75. The molecular weight excluding hydrogens is 259 g/mol. The molecule has 1 N–H and O–H groups in total. The Balaban J connectivity index is 0.00000128. The number of anilines is 1. The van der Waals surface area contributed by atoms with Crippen LogP contribution in [0.3, 0.4) is 0 Å². The largest absolute Gasteiger partial charge is 0.338 e. The van der Waals surface area contributed by atoms with Crippen molar-refractivity contribution in [3.8, 4) is 0 Å². The summed E-state index contributed by atoms with van der Waals surface area (Å²) >= 11 is 0. The van der Waals surface area contributed by atoms with Crippen LogP contribution < -0.4 is 10.2 Å². The summed E-state index contributed by atoms with van der Waals surface area (Å²) in [6.07, 6.45) is 0. The molecule has 0 amide bonds. The molecule has 1 aliphatic rings. The van der Waals surface area contributed by atoms with Crippen molar-refractivity contribution in [2.45, 2.75) is 20.8 Å². The topological polar surface area (TPSA) is 41.1 Å². The van der Waals surface area contributed by atoms with E-state index in [0.29, 0.717) is 0 Å². The van der Waals surface area contributed by atoms with E-state index in [4.69, 9.17) is 0 Å². The molecule has 98 valence electrons. The summed E-state index contributed by atoms with van der Waals surface area (Å²) in [5.41, 5.74) is 3.39. The van der Waals surface area contributed by atoms with Gasteiger partial charge in [-0.25, -0.2) is 9.97 Å². The molecular formula is C11H20Cl2N4. The lowest BCUT2D eigenvalue weighted by molar-refractivity contribution is 0.578. The highest BCUT2D eigenvalue weighted by molar-refractivity contribution is 5.85. The van der Waals surface area contributed by atoms with Gasteiger partial charge in [0, 0.05) is 37.6 Å². The summed E-state index contributed by atoms with van der Waals surface area (Å²) in [6.45, 7) is 10.2. The molecule has 1 aromatic rings. The van der Waals surface area contributed by atoms with Crippen molar-refractivity contribution in [1.29, 1.82) is 0 Å². The first-order valence-electron chi connectivity index (χ1n) is 5.46. The second kappa shape index (κ2) is 6.99. The Labute approximate surface area is 115 Å². The Hall–Kier alpha value is -0.580. The van der Waals surface area contributed by atoms with Crippen LogP contribution in [0.4, 0.5) is 5.95 Å². The van der Waals surface area contributed by atoms with Gasteiger partial charge in [-0.2, -0.15) is 0 Å². The number of aryl methyl sites for hydroxylation is 2. The summed E-state index contributed by atoms with van der Waals surface area (Å²) < 4.78 is 0. The number of hydrogen-bond donors (Lipinski definition) is 1. The van der Waals surface area contributed by atoms with Gasteiger partial charge in [0.2, 0.25) is 5.95 Å². The molecule has 0 atom stereocenters. The van der Waals surface area contributed by atoms with Crippen LogP contribution in [0.2, 0.25) is 0 Å². The summed E-state index contributed by atoms with van der Waals surface area (Å²) in [5.74, 6) is 0.886. The first-order chi connectivity index (χ1) is 7.18. The Morgan fingerprint density at radius 2 is 1.41 bits per heavy atom. The zero-order valence-corrected chi connectivity index (χ0v) is 12.1. The van der Waals surface area contributed by atoms with E-state index >= 15 is 0 Å². The molecule has 0 radical (unpaired) electrons. The van der Waals surface area contributed by atoms with Crippen LogP contribution in [0, 0.1) is 20.8 Å². The van der Waals surface area contributed by atoms with Gasteiger partial charge >= 0.3 is 0 Å². The summed E-state index contributed by atoms with van der Waals surface area (Å²) in [5, 5.41) is 3.33. The molecule has 0 spiro atoms. The lowest BCUT2D eigenvalue weighted by Gasteiger charge is -2.28. The summed E-state index contributed by atoms with van der Waals surface area (Å²) in [7, 11) is 0. The van der Waals surface area contributed by atoms with Crippen LogP contribution in [0.15, 0.2) is 0 Å². The van der Waals surface area contributed by atoms with Gasteiger partial charge < -0.3 is 10.2 Å². The fourth-order valence-electron chi connectivity index (χ4n) is 1.76. The van der Waals surface area contributed by atoms with E-state index in [9.17, 15) is 0 Å². The SMILES string of the molecule is Cc1nc(N2CCNCC2)nc(C)c1C.Cl.Cl. The molecule has 0 aliphatic carbocycles. The molecule has 1 saturated heterocycles. The van der Waals surface area contributed by atoms with Crippen LogP contribution in [-0.2, 0) is 0 Å². The molecule has 0 bridgehead atoms. The normalized spacial score (nSPS) is 14.9. The zero-order chi connectivity index (χ0) is 10.8. The molecule has 17 heavy (non-hydrogen) atoms. The van der Waals surface area contributed by atoms with Crippen LogP contribution in [-0.4, -0.2) is 36.1 Å². The number of nitrogens with zero attached hydrogens (tertiary/aromatic N) is 3. The number of rotatable bonds is 1. The van der Waals surface area contributed by atoms with E-state index in [1.54, 1.807) is 0 Å². The van der Waals surface area contributed by atoms with E-state index in [0.717, 1.165) is 43.5 Å². The van der Waals surface area contributed by atoms with Crippen LogP contribution in [0.1, 0.15) is 17.0 Å². The second-order valence-corrected chi connectivity index (χ2v) is 4.06. The van der Waals surface area contributed by atoms with Gasteiger partial charge in [-0.05, 0) is 26.3 Å². The smallest absolute Gasteiger partial charge is 0.225 e. The Bertz CT molecular complexity index is 341. The average Bonchev–Trinajstić information content (AvgIpc) is 2.26. The van der Waals surface area contributed by atoms with Crippen molar-refractivity contribution in [3.05, 3.63) is 17.0 Å². The second-order valence-electron chi connectivity index (χ2n) is 4.06. The third-order valence-corrected chi connectivity index (χ3v) is 3.02. The molecule has 0 unspecified atom stereocenters. The minimum Gasteiger partial charge on any atom is -0.338 e. The van der Waals surface area contributed by atoms with Crippen molar-refractivity contribution < 1.29 is 0 Å².